The molecule has 0 saturated heterocycles. The second-order valence-corrected chi connectivity index (χ2v) is 6.90. The number of amidine groups is 1. The predicted molar refractivity (Wildman–Crippen MR) is 116 cm³/mol. The minimum atomic E-state index is -0.476. The van der Waals surface area contributed by atoms with Crippen LogP contribution in [-0.2, 0) is 9.63 Å². The maximum absolute atomic E-state index is 12.0. The lowest BCUT2D eigenvalue weighted by Gasteiger charge is -2.11. The van der Waals surface area contributed by atoms with E-state index in [9.17, 15) is 4.79 Å². The van der Waals surface area contributed by atoms with Crippen LogP contribution in [-0.4, -0.2) is 47.1 Å². The molecule has 0 aliphatic carbocycles. The highest BCUT2D eigenvalue weighted by atomic mass is 16.7. The average Bonchev–Trinajstić information content (AvgIpc) is 3.05. The lowest BCUT2D eigenvalue weighted by Crippen LogP contribution is -2.29. The first-order valence-electron chi connectivity index (χ1n) is 9.49. The minimum Gasteiger partial charge on any atom is -0.497 e. The third-order valence-electron chi connectivity index (χ3n) is 4.66. The summed E-state index contributed by atoms with van der Waals surface area (Å²) in [5.74, 6) is 1.48. The molecule has 0 spiro atoms. The van der Waals surface area contributed by atoms with Gasteiger partial charge >= 0.3 is 5.97 Å². The number of hydroxylamine groups is 1. The van der Waals surface area contributed by atoms with Gasteiger partial charge in [0.1, 0.15) is 23.9 Å². The zero-order valence-electron chi connectivity index (χ0n) is 18.0. The summed E-state index contributed by atoms with van der Waals surface area (Å²) >= 11 is 0. The number of nitrogens with one attached hydrogen (secondary N) is 2. The van der Waals surface area contributed by atoms with Crippen LogP contribution in [0.4, 0.5) is 5.82 Å². The molecule has 0 bridgehead atoms. The molecular weight excluding hydrogens is 384 g/mol. The fourth-order valence-electron chi connectivity index (χ4n) is 3.10. The van der Waals surface area contributed by atoms with Crippen molar-refractivity contribution in [3.05, 3.63) is 41.2 Å². The van der Waals surface area contributed by atoms with E-state index in [1.165, 1.54) is 0 Å². The summed E-state index contributed by atoms with van der Waals surface area (Å²) in [5, 5.41) is 7.73. The number of ether oxygens (including phenoxy) is 1. The number of aryl methyl sites for hydroxylation is 3. The summed E-state index contributed by atoms with van der Waals surface area (Å²) in [7, 11) is 3.25. The summed E-state index contributed by atoms with van der Waals surface area (Å²) in [6.07, 6.45) is 0. The molecule has 158 valence electrons. The van der Waals surface area contributed by atoms with E-state index < -0.39 is 5.97 Å². The number of rotatable bonds is 5. The third kappa shape index (κ3) is 4.35. The van der Waals surface area contributed by atoms with Gasteiger partial charge in [0.15, 0.2) is 5.65 Å². The van der Waals surface area contributed by atoms with E-state index in [2.05, 4.69) is 20.9 Å². The Morgan fingerprint density at radius 1 is 1.23 bits per heavy atom. The smallest absolute Gasteiger partial charge is 0.351 e. The number of aromatic nitrogens is 3. The van der Waals surface area contributed by atoms with E-state index >= 15 is 0 Å². The number of anilines is 1. The van der Waals surface area contributed by atoms with E-state index in [4.69, 9.17) is 14.6 Å². The lowest BCUT2D eigenvalue weighted by atomic mass is 10.0. The fourth-order valence-corrected chi connectivity index (χ4v) is 3.10. The van der Waals surface area contributed by atoms with Gasteiger partial charge in [-0.3, -0.25) is 4.99 Å². The molecule has 0 saturated carbocycles. The van der Waals surface area contributed by atoms with Crippen LogP contribution in [0.5, 0.6) is 5.75 Å². The van der Waals surface area contributed by atoms with Crippen LogP contribution in [0.15, 0.2) is 29.3 Å². The zero-order chi connectivity index (χ0) is 21.8. The largest absolute Gasteiger partial charge is 0.497 e. The van der Waals surface area contributed by atoms with Crippen molar-refractivity contribution < 1.29 is 14.4 Å². The Balaban J connectivity index is 1.93. The second-order valence-electron chi connectivity index (χ2n) is 6.90. The number of carbonyl (C=O) groups is 1. The van der Waals surface area contributed by atoms with Crippen LogP contribution >= 0.6 is 0 Å². The van der Waals surface area contributed by atoms with Crippen molar-refractivity contribution in [1.29, 1.82) is 0 Å². The number of aliphatic imine (C=N–C) groups is 1. The van der Waals surface area contributed by atoms with Gasteiger partial charge in [0, 0.05) is 24.4 Å². The van der Waals surface area contributed by atoms with Crippen LogP contribution in [0.2, 0.25) is 0 Å². The molecule has 30 heavy (non-hydrogen) atoms. The standard InChI is InChI=1S/C21H26N6O3/c1-12-9-16(29-6)7-8-17(12)20-14(3)25-27-18(10-13(2)24-21(20)27)23-11-19(28)30-26-15(4)22-5/h7-10,23H,11H2,1-6H3,(H,22,26). The normalized spacial score (nSPS) is 11.5. The maximum Gasteiger partial charge on any atom is 0.351 e. The molecule has 9 heteroatoms. The SMILES string of the molecule is CN=C(C)NOC(=O)CNc1cc(C)nc2c(-c3ccc(OC)cc3C)c(C)nn12. The first-order chi connectivity index (χ1) is 14.3. The number of benzene rings is 1. The van der Waals surface area contributed by atoms with Crippen LogP contribution < -0.4 is 15.5 Å². The van der Waals surface area contributed by atoms with E-state index in [1.807, 2.05) is 45.0 Å². The topological polar surface area (TPSA) is 102 Å². The molecule has 2 heterocycles. The van der Waals surface area contributed by atoms with Crippen molar-refractivity contribution in [1.82, 2.24) is 20.1 Å². The molecule has 3 aromatic rings. The Morgan fingerprint density at radius 3 is 2.67 bits per heavy atom. The number of nitrogens with zero attached hydrogens (tertiary/aromatic N) is 4. The van der Waals surface area contributed by atoms with Gasteiger partial charge in [-0.15, -0.1) is 0 Å². The molecule has 3 rings (SSSR count). The Labute approximate surface area is 175 Å². The number of methoxy groups -OCH3 is 1. The van der Waals surface area contributed by atoms with Gasteiger partial charge in [-0.2, -0.15) is 9.61 Å². The summed E-state index contributed by atoms with van der Waals surface area (Å²) in [6.45, 7) is 7.53. The number of hydrogen-bond acceptors (Lipinski definition) is 7. The molecule has 0 aliphatic rings. The Morgan fingerprint density at radius 2 is 2.00 bits per heavy atom. The van der Waals surface area contributed by atoms with Crippen LogP contribution in [0.3, 0.4) is 0 Å². The van der Waals surface area contributed by atoms with Crippen LogP contribution in [0.25, 0.3) is 16.8 Å². The highest BCUT2D eigenvalue weighted by Gasteiger charge is 2.18. The first kappa shape index (κ1) is 21.1. The molecule has 1 aromatic carbocycles. The Bertz CT molecular complexity index is 1120. The second kappa shape index (κ2) is 8.81. The number of carbonyl (C=O) groups excluding carboxylic acids is 1. The monoisotopic (exact) mass is 410 g/mol. The number of hydrogen-bond donors (Lipinski definition) is 2. The summed E-state index contributed by atoms with van der Waals surface area (Å²) in [5.41, 5.74) is 7.88. The van der Waals surface area contributed by atoms with E-state index in [-0.39, 0.29) is 6.54 Å². The van der Waals surface area contributed by atoms with Crippen molar-refractivity contribution in [2.75, 3.05) is 26.0 Å². The fraction of sp³-hybridized carbons (Fsp3) is 0.333. The summed E-state index contributed by atoms with van der Waals surface area (Å²) in [4.78, 5) is 25.5. The van der Waals surface area contributed by atoms with Gasteiger partial charge in [0.05, 0.1) is 12.8 Å². The quantitative estimate of drug-likeness (QED) is 0.379. The lowest BCUT2D eigenvalue weighted by molar-refractivity contribution is -0.145. The Hall–Kier alpha value is -3.62. The highest BCUT2D eigenvalue weighted by Crippen LogP contribution is 2.33. The van der Waals surface area contributed by atoms with Crippen molar-refractivity contribution in [3.8, 4) is 16.9 Å². The molecule has 0 amide bonds. The molecule has 0 fully saturated rings. The van der Waals surface area contributed by atoms with Gasteiger partial charge < -0.3 is 14.9 Å². The summed E-state index contributed by atoms with van der Waals surface area (Å²) in [6, 6.07) is 7.75. The third-order valence-corrected chi connectivity index (χ3v) is 4.66. The molecule has 0 radical (unpaired) electrons. The first-order valence-corrected chi connectivity index (χ1v) is 9.49. The van der Waals surface area contributed by atoms with Gasteiger partial charge in [-0.25, -0.2) is 15.3 Å². The van der Waals surface area contributed by atoms with E-state index in [0.29, 0.717) is 17.3 Å². The molecule has 0 atom stereocenters. The Kier molecular flexibility index (Phi) is 6.20. The van der Waals surface area contributed by atoms with Gasteiger partial charge in [0.2, 0.25) is 0 Å². The molecular formula is C21H26N6O3. The predicted octanol–water partition coefficient (Wildman–Crippen LogP) is 2.84. The van der Waals surface area contributed by atoms with Gasteiger partial charge in [-0.1, -0.05) is 6.07 Å². The van der Waals surface area contributed by atoms with Crippen molar-refractivity contribution in [3.63, 3.8) is 0 Å². The van der Waals surface area contributed by atoms with Gasteiger partial charge in [0.25, 0.3) is 0 Å². The van der Waals surface area contributed by atoms with Gasteiger partial charge in [-0.05, 0) is 51.0 Å². The molecule has 2 N–H and O–H groups in total. The molecule has 9 nitrogen and oxygen atoms in total. The van der Waals surface area contributed by atoms with E-state index in [0.717, 1.165) is 33.8 Å². The highest BCUT2D eigenvalue weighted by molar-refractivity contribution is 5.84. The molecule has 0 aliphatic heterocycles. The van der Waals surface area contributed by atoms with Crippen molar-refractivity contribution >= 4 is 23.3 Å². The van der Waals surface area contributed by atoms with Crippen molar-refractivity contribution in [2.45, 2.75) is 27.7 Å². The molecule has 0 unspecified atom stereocenters. The van der Waals surface area contributed by atoms with Crippen LogP contribution in [0.1, 0.15) is 23.9 Å². The summed E-state index contributed by atoms with van der Waals surface area (Å²) < 4.78 is 7.03. The zero-order valence-corrected chi connectivity index (χ0v) is 18.0. The van der Waals surface area contributed by atoms with E-state index in [1.54, 1.807) is 25.6 Å². The van der Waals surface area contributed by atoms with Crippen LogP contribution in [0, 0.1) is 20.8 Å². The van der Waals surface area contributed by atoms with Crippen molar-refractivity contribution in [2.24, 2.45) is 4.99 Å². The molecule has 2 aromatic heterocycles. The minimum absolute atomic E-state index is 0.0433. The maximum atomic E-state index is 12.0. The number of fused-ring (bicyclic) bond motifs is 1. The average molecular weight is 410 g/mol.